The van der Waals surface area contributed by atoms with Crippen LogP contribution in [0.1, 0.15) is 30.4 Å². The van der Waals surface area contributed by atoms with Gasteiger partial charge in [0, 0.05) is 17.6 Å². The van der Waals surface area contributed by atoms with Gasteiger partial charge in [0.25, 0.3) is 0 Å². The molecule has 1 aromatic rings. The third-order valence-electron chi connectivity index (χ3n) is 3.64. The molecule has 0 spiro atoms. The molecule has 0 radical (unpaired) electrons. The van der Waals surface area contributed by atoms with E-state index in [1.54, 1.807) is 0 Å². The molecule has 17 heavy (non-hydrogen) atoms. The van der Waals surface area contributed by atoms with Gasteiger partial charge in [-0.25, -0.2) is 0 Å². The lowest BCUT2D eigenvalue weighted by Crippen LogP contribution is -2.38. The number of hydrogen-bond acceptors (Lipinski definition) is 2. The van der Waals surface area contributed by atoms with Crippen molar-refractivity contribution in [3.63, 3.8) is 0 Å². The third kappa shape index (κ3) is 2.88. The summed E-state index contributed by atoms with van der Waals surface area (Å²) in [5, 5.41) is 12.6. The minimum absolute atomic E-state index is 0.0834. The molecule has 1 aliphatic rings. The zero-order valence-corrected chi connectivity index (χ0v) is 11.7. The van der Waals surface area contributed by atoms with Crippen molar-refractivity contribution in [3.8, 4) is 6.07 Å². The molecule has 0 bridgehead atoms. The summed E-state index contributed by atoms with van der Waals surface area (Å²) in [5.41, 5.74) is 2.51. The quantitative estimate of drug-likeness (QED) is 0.921. The van der Waals surface area contributed by atoms with Gasteiger partial charge in [0.1, 0.15) is 0 Å². The van der Waals surface area contributed by atoms with Crippen molar-refractivity contribution >= 4 is 15.9 Å². The van der Waals surface area contributed by atoms with E-state index in [-0.39, 0.29) is 5.41 Å². The van der Waals surface area contributed by atoms with Crippen LogP contribution in [0.4, 0.5) is 0 Å². The van der Waals surface area contributed by atoms with E-state index < -0.39 is 0 Å². The lowest BCUT2D eigenvalue weighted by Gasteiger charge is -2.35. The molecule has 1 aromatic carbocycles. The van der Waals surface area contributed by atoms with E-state index in [0.29, 0.717) is 0 Å². The van der Waals surface area contributed by atoms with Gasteiger partial charge in [-0.2, -0.15) is 5.26 Å². The standard InChI is InChI=1S/C14H17BrN2/c1-11-3-4-13(15)7-12(11)8-17-10-14(9-16)5-2-6-14/h3-4,7,17H,2,5-6,8,10H2,1H3. The molecule has 0 saturated heterocycles. The first kappa shape index (κ1) is 12.6. The number of benzene rings is 1. The normalized spacial score (nSPS) is 17.2. The summed E-state index contributed by atoms with van der Waals surface area (Å²) >= 11 is 3.49. The first-order chi connectivity index (χ1) is 8.15. The van der Waals surface area contributed by atoms with Gasteiger partial charge in [0.05, 0.1) is 11.5 Å². The summed E-state index contributed by atoms with van der Waals surface area (Å²) < 4.78 is 1.11. The summed E-state index contributed by atoms with van der Waals surface area (Å²) in [5.74, 6) is 0. The molecule has 0 amide bonds. The predicted molar refractivity (Wildman–Crippen MR) is 72.5 cm³/mol. The highest BCUT2D eigenvalue weighted by Gasteiger charge is 2.36. The predicted octanol–water partition coefficient (Wildman–Crippen LogP) is 3.54. The summed E-state index contributed by atoms with van der Waals surface area (Å²) in [6, 6.07) is 8.77. The lowest BCUT2D eigenvalue weighted by molar-refractivity contribution is 0.206. The molecule has 2 nitrogen and oxygen atoms in total. The molecule has 0 heterocycles. The Kier molecular flexibility index (Phi) is 3.86. The average molecular weight is 293 g/mol. The van der Waals surface area contributed by atoms with Crippen LogP contribution in [0.25, 0.3) is 0 Å². The molecular weight excluding hydrogens is 276 g/mol. The number of halogens is 1. The number of nitrogens with zero attached hydrogens (tertiary/aromatic N) is 1. The van der Waals surface area contributed by atoms with Crippen LogP contribution in [0.3, 0.4) is 0 Å². The second-order valence-corrected chi connectivity index (χ2v) is 5.84. The number of nitriles is 1. The molecular formula is C14H17BrN2. The van der Waals surface area contributed by atoms with Gasteiger partial charge in [0.2, 0.25) is 0 Å². The molecule has 0 aromatic heterocycles. The van der Waals surface area contributed by atoms with Gasteiger partial charge in [-0.1, -0.05) is 28.4 Å². The number of hydrogen-bond donors (Lipinski definition) is 1. The number of aryl methyl sites for hydroxylation is 1. The molecule has 2 rings (SSSR count). The van der Waals surface area contributed by atoms with Crippen LogP contribution in [0.5, 0.6) is 0 Å². The van der Waals surface area contributed by atoms with Gasteiger partial charge in [0.15, 0.2) is 0 Å². The SMILES string of the molecule is Cc1ccc(Br)cc1CNCC1(C#N)CCC1. The zero-order valence-electron chi connectivity index (χ0n) is 10.1. The van der Waals surface area contributed by atoms with E-state index in [9.17, 15) is 0 Å². The fourth-order valence-corrected chi connectivity index (χ4v) is 2.61. The van der Waals surface area contributed by atoms with Crippen LogP contribution in [-0.4, -0.2) is 6.54 Å². The molecule has 0 aliphatic heterocycles. The molecule has 3 heteroatoms. The van der Waals surface area contributed by atoms with E-state index in [0.717, 1.165) is 30.4 Å². The highest BCUT2D eigenvalue weighted by molar-refractivity contribution is 9.10. The van der Waals surface area contributed by atoms with Gasteiger partial charge < -0.3 is 5.32 Å². The van der Waals surface area contributed by atoms with E-state index in [2.05, 4.69) is 52.4 Å². The van der Waals surface area contributed by atoms with E-state index in [1.807, 2.05) is 0 Å². The minimum atomic E-state index is -0.0834. The Hall–Kier alpha value is -0.850. The van der Waals surface area contributed by atoms with Crippen molar-refractivity contribution in [3.05, 3.63) is 33.8 Å². The first-order valence-corrected chi connectivity index (χ1v) is 6.81. The zero-order chi connectivity index (χ0) is 12.3. The van der Waals surface area contributed by atoms with Crippen molar-refractivity contribution in [1.29, 1.82) is 5.26 Å². The Morgan fingerprint density at radius 3 is 2.82 bits per heavy atom. The maximum atomic E-state index is 9.13. The molecule has 90 valence electrons. The monoisotopic (exact) mass is 292 g/mol. The summed E-state index contributed by atoms with van der Waals surface area (Å²) in [7, 11) is 0. The van der Waals surface area contributed by atoms with Crippen molar-refractivity contribution in [2.24, 2.45) is 5.41 Å². The first-order valence-electron chi connectivity index (χ1n) is 6.02. The second-order valence-electron chi connectivity index (χ2n) is 4.92. The largest absolute Gasteiger partial charge is 0.311 e. The Morgan fingerprint density at radius 2 is 2.24 bits per heavy atom. The average Bonchev–Trinajstić information content (AvgIpc) is 2.27. The van der Waals surface area contributed by atoms with Crippen molar-refractivity contribution in [2.75, 3.05) is 6.54 Å². The van der Waals surface area contributed by atoms with E-state index >= 15 is 0 Å². The maximum absolute atomic E-state index is 9.13. The topological polar surface area (TPSA) is 35.8 Å². The highest BCUT2D eigenvalue weighted by atomic mass is 79.9. The molecule has 1 aliphatic carbocycles. The van der Waals surface area contributed by atoms with Crippen LogP contribution in [0.15, 0.2) is 22.7 Å². The Bertz CT molecular complexity index is 444. The number of nitrogens with one attached hydrogen (secondary N) is 1. The van der Waals surface area contributed by atoms with Gasteiger partial charge >= 0.3 is 0 Å². The van der Waals surface area contributed by atoms with Gasteiger partial charge in [-0.15, -0.1) is 0 Å². The third-order valence-corrected chi connectivity index (χ3v) is 4.13. The van der Waals surface area contributed by atoms with Gasteiger partial charge in [-0.05, 0) is 43.0 Å². The lowest BCUT2D eigenvalue weighted by atomic mass is 9.70. The van der Waals surface area contributed by atoms with Crippen molar-refractivity contribution < 1.29 is 0 Å². The van der Waals surface area contributed by atoms with Crippen LogP contribution in [-0.2, 0) is 6.54 Å². The van der Waals surface area contributed by atoms with Crippen LogP contribution in [0, 0.1) is 23.7 Å². The van der Waals surface area contributed by atoms with Crippen molar-refractivity contribution in [1.82, 2.24) is 5.32 Å². The number of rotatable bonds is 4. The van der Waals surface area contributed by atoms with E-state index in [4.69, 9.17) is 5.26 Å². The summed E-state index contributed by atoms with van der Waals surface area (Å²) in [6.07, 6.45) is 3.30. The van der Waals surface area contributed by atoms with E-state index in [1.165, 1.54) is 17.5 Å². The molecule has 0 atom stereocenters. The highest BCUT2D eigenvalue weighted by Crippen LogP contribution is 2.39. The van der Waals surface area contributed by atoms with Crippen LogP contribution in [0.2, 0.25) is 0 Å². The van der Waals surface area contributed by atoms with Crippen LogP contribution >= 0.6 is 15.9 Å². The molecule has 1 N–H and O–H groups in total. The minimum Gasteiger partial charge on any atom is -0.311 e. The fraction of sp³-hybridized carbons (Fsp3) is 0.500. The Balaban J connectivity index is 1.90. The van der Waals surface area contributed by atoms with Crippen LogP contribution < -0.4 is 5.32 Å². The molecule has 1 fully saturated rings. The summed E-state index contributed by atoms with van der Waals surface area (Å²) in [4.78, 5) is 0. The molecule has 1 saturated carbocycles. The summed E-state index contributed by atoms with van der Waals surface area (Å²) in [6.45, 7) is 3.77. The fourth-order valence-electron chi connectivity index (χ4n) is 2.20. The Labute approximate surface area is 111 Å². The Morgan fingerprint density at radius 1 is 1.47 bits per heavy atom. The van der Waals surface area contributed by atoms with Gasteiger partial charge in [-0.3, -0.25) is 0 Å². The molecule has 0 unspecified atom stereocenters. The van der Waals surface area contributed by atoms with Crippen molar-refractivity contribution in [2.45, 2.75) is 32.7 Å². The maximum Gasteiger partial charge on any atom is 0.0703 e. The second kappa shape index (κ2) is 5.20. The smallest absolute Gasteiger partial charge is 0.0703 e.